The Hall–Kier alpha value is -1.62. The van der Waals surface area contributed by atoms with Crippen LogP contribution in [0.1, 0.15) is 26.2 Å². The number of para-hydroxylation sites is 1. The molecule has 4 nitrogen and oxygen atoms in total. The molecule has 5 heteroatoms. The molecule has 1 aromatic heterocycles. The molecule has 1 saturated carbocycles. The minimum atomic E-state index is 0.133. The molecule has 1 unspecified atom stereocenters. The molecule has 1 N–H and O–H groups in total. The van der Waals surface area contributed by atoms with E-state index < -0.39 is 0 Å². The summed E-state index contributed by atoms with van der Waals surface area (Å²) in [6, 6.07) is 8.29. The van der Waals surface area contributed by atoms with Crippen molar-refractivity contribution in [1.82, 2.24) is 10.3 Å². The molecule has 3 rings (SSSR count). The number of hydrogen-bond acceptors (Lipinski definition) is 4. The first kappa shape index (κ1) is 14.3. The number of likely N-dealkylation sites (N-methyl/N-ethyl adjacent to an activating group) is 1. The lowest BCUT2D eigenvalue weighted by molar-refractivity contribution is -0.121. The molecule has 0 radical (unpaired) electrons. The first-order valence-corrected chi connectivity index (χ1v) is 8.29. The number of benzene rings is 1. The van der Waals surface area contributed by atoms with Gasteiger partial charge in [-0.25, -0.2) is 4.98 Å². The van der Waals surface area contributed by atoms with Crippen LogP contribution < -0.4 is 10.2 Å². The summed E-state index contributed by atoms with van der Waals surface area (Å²) in [5.74, 6) is 0.821. The largest absolute Gasteiger partial charge is 0.352 e. The molecule has 1 atom stereocenters. The van der Waals surface area contributed by atoms with Crippen molar-refractivity contribution in [1.29, 1.82) is 0 Å². The maximum absolute atomic E-state index is 11.8. The third-order valence-electron chi connectivity index (χ3n) is 3.74. The van der Waals surface area contributed by atoms with Crippen molar-refractivity contribution < 1.29 is 4.79 Å². The van der Waals surface area contributed by atoms with E-state index in [4.69, 9.17) is 0 Å². The van der Waals surface area contributed by atoms with E-state index in [1.54, 1.807) is 11.3 Å². The van der Waals surface area contributed by atoms with E-state index in [9.17, 15) is 4.79 Å². The number of anilines is 1. The van der Waals surface area contributed by atoms with Crippen molar-refractivity contribution in [2.75, 3.05) is 18.5 Å². The highest BCUT2D eigenvalue weighted by Crippen LogP contribution is 2.32. The van der Waals surface area contributed by atoms with Crippen LogP contribution in [0.2, 0.25) is 0 Å². The third-order valence-corrected chi connectivity index (χ3v) is 4.89. The summed E-state index contributed by atoms with van der Waals surface area (Å²) in [5, 5.41) is 4.08. The molecule has 21 heavy (non-hydrogen) atoms. The molecule has 1 fully saturated rings. The molecule has 0 aliphatic heterocycles. The summed E-state index contributed by atoms with van der Waals surface area (Å²) in [5.41, 5.74) is 1.04. The van der Waals surface area contributed by atoms with Gasteiger partial charge in [0.1, 0.15) is 0 Å². The van der Waals surface area contributed by atoms with Gasteiger partial charge in [0.25, 0.3) is 0 Å². The number of nitrogens with one attached hydrogen (secondary N) is 1. The van der Waals surface area contributed by atoms with Gasteiger partial charge in [0.15, 0.2) is 5.13 Å². The summed E-state index contributed by atoms with van der Waals surface area (Å²) >= 11 is 1.69. The predicted molar refractivity (Wildman–Crippen MR) is 87.8 cm³/mol. The zero-order valence-electron chi connectivity index (χ0n) is 12.5. The highest BCUT2D eigenvalue weighted by atomic mass is 32.1. The first-order chi connectivity index (χ1) is 10.1. The number of hydrogen-bond donors (Lipinski definition) is 1. The van der Waals surface area contributed by atoms with E-state index in [-0.39, 0.29) is 11.9 Å². The molecule has 1 amide bonds. The lowest BCUT2D eigenvalue weighted by Gasteiger charge is -2.21. The van der Waals surface area contributed by atoms with Crippen molar-refractivity contribution in [3.63, 3.8) is 0 Å². The highest BCUT2D eigenvalue weighted by molar-refractivity contribution is 7.22. The Morgan fingerprint density at radius 3 is 2.95 bits per heavy atom. The standard InChI is InChI=1S/C16H21N3OS/c1-11(17-15(20)9-12-7-8-12)10-19(2)16-18-13-5-3-4-6-14(13)21-16/h3-6,11-12H,7-10H2,1-2H3,(H,17,20). The number of amides is 1. The minimum Gasteiger partial charge on any atom is -0.352 e. The average molecular weight is 303 g/mol. The molecule has 1 heterocycles. The summed E-state index contributed by atoms with van der Waals surface area (Å²) in [4.78, 5) is 18.6. The smallest absolute Gasteiger partial charge is 0.220 e. The van der Waals surface area contributed by atoms with E-state index in [0.29, 0.717) is 12.3 Å². The maximum Gasteiger partial charge on any atom is 0.220 e. The minimum absolute atomic E-state index is 0.133. The monoisotopic (exact) mass is 303 g/mol. The Bertz CT molecular complexity index is 602. The lowest BCUT2D eigenvalue weighted by Crippen LogP contribution is -2.40. The van der Waals surface area contributed by atoms with Gasteiger partial charge in [-0.1, -0.05) is 23.5 Å². The fraction of sp³-hybridized carbons (Fsp3) is 0.500. The maximum atomic E-state index is 11.8. The van der Waals surface area contributed by atoms with Crippen molar-refractivity contribution in [3.05, 3.63) is 24.3 Å². The second-order valence-corrected chi connectivity index (χ2v) is 6.97. The summed E-state index contributed by atoms with van der Waals surface area (Å²) < 4.78 is 1.20. The third kappa shape index (κ3) is 3.73. The van der Waals surface area contributed by atoms with Crippen LogP contribution in [0.25, 0.3) is 10.2 Å². The van der Waals surface area contributed by atoms with E-state index in [1.807, 2.05) is 25.2 Å². The lowest BCUT2D eigenvalue weighted by atomic mass is 10.2. The number of aromatic nitrogens is 1. The highest BCUT2D eigenvalue weighted by Gasteiger charge is 2.25. The number of nitrogens with zero attached hydrogens (tertiary/aromatic N) is 2. The fourth-order valence-corrected chi connectivity index (χ4v) is 3.41. The molecular formula is C16H21N3OS. The van der Waals surface area contributed by atoms with Crippen LogP contribution in [0.3, 0.4) is 0 Å². The van der Waals surface area contributed by atoms with Crippen molar-refractivity contribution >= 4 is 32.6 Å². The van der Waals surface area contributed by atoms with E-state index in [1.165, 1.54) is 17.5 Å². The Morgan fingerprint density at radius 2 is 2.24 bits per heavy atom. The van der Waals surface area contributed by atoms with Crippen molar-refractivity contribution in [3.8, 4) is 0 Å². The Morgan fingerprint density at radius 1 is 1.48 bits per heavy atom. The second kappa shape index (κ2) is 6.02. The molecule has 2 aromatic rings. The van der Waals surface area contributed by atoms with Gasteiger partial charge in [0.2, 0.25) is 5.91 Å². The van der Waals surface area contributed by atoms with E-state index in [0.717, 1.165) is 17.2 Å². The van der Waals surface area contributed by atoms with Crippen LogP contribution in [-0.2, 0) is 4.79 Å². The van der Waals surface area contributed by atoms with Crippen molar-refractivity contribution in [2.45, 2.75) is 32.2 Å². The van der Waals surface area contributed by atoms with Crippen molar-refractivity contribution in [2.24, 2.45) is 5.92 Å². The molecular weight excluding hydrogens is 282 g/mol. The van der Waals surface area contributed by atoms with Gasteiger partial charge in [0.05, 0.1) is 10.2 Å². The molecule has 112 valence electrons. The number of rotatable bonds is 6. The Balaban J connectivity index is 1.56. The van der Waals surface area contributed by atoms with Gasteiger partial charge in [-0.15, -0.1) is 0 Å². The van der Waals surface area contributed by atoms with Crippen LogP contribution in [-0.4, -0.2) is 30.5 Å². The number of fused-ring (bicyclic) bond motifs is 1. The summed E-state index contributed by atoms with van der Waals surface area (Å²) in [6.07, 6.45) is 3.12. The quantitative estimate of drug-likeness (QED) is 0.892. The van der Waals surface area contributed by atoms with E-state index in [2.05, 4.69) is 28.2 Å². The first-order valence-electron chi connectivity index (χ1n) is 7.48. The normalized spacial score (nSPS) is 15.9. The number of thiazole rings is 1. The van der Waals surface area contributed by atoms with Gasteiger partial charge in [-0.2, -0.15) is 0 Å². The van der Waals surface area contributed by atoms with Gasteiger partial charge in [-0.05, 0) is 37.8 Å². The summed E-state index contributed by atoms with van der Waals surface area (Å²) in [6.45, 7) is 2.82. The van der Waals surface area contributed by atoms with Gasteiger partial charge in [0, 0.05) is 26.1 Å². The van der Waals surface area contributed by atoms with Crippen LogP contribution in [0.5, 0.6) is 0 Å². The summed E-state index contributed by atoms with van der Waals surface area (Å²) in [7, 11) is 2.03. The van der Waals surface area contributed by atoms with Crippen LogP contribution in [0, 0.1) is 5.92 Å². The molecule has 0 spiro atoms. The van der Waals surface area contributed by atoms with Crippen LogP contribution in [0.15, 0.2) is 24.3 Å². The number of carbonyl (C=O) groups excluding carboxylic acids is 1. The molecule has 0 saturated heterocycles. The fourth-order valence-electron chi connectivity index (χ4n) is 2.48. The zero-order valence-corrected chi connectivity index (χ0v) is 13.3. The number of carbonyl (C=O) groups is 1. The van der Waals surface area contributed by atoms with Gasteiger partial charge < -0.3 is 10.2 Å². The topological polar surface area (TPSA) is 45.2 Å². The molecule has 0 bridgehead atoms. The van der Waals surface area contributed by atoms with Crippen LogP contribution >= 0.6 is 11.3 Å². The second-order valence-electron chi connectivity index (χ2n) is 5.96. The van der Waals surface area contributed by atoms with Gasteiger partial charge in [-0.3, -0.25) is 4.79 Å². The van der Waals surface area contributed by atoms with Crippen LogP contribution in [0.4, 0.5) is 5.13 Å². The molecule has 1 aliphatic carbocycles. The predicted octanol–water partition coefficient (Wildman–Crippen LogP) is 3.04. The molecule has 1 aromatic carbocycles. The average Bonchev–Trinajstić information content (AvgIpc) is 3.13. The van der Waals surface area contributed by atoms with Gasteiger partial charge >= 0.3 is 0 Å². The zero-order chi connectivity index (χ0) is 14.8. The van der Waals surface area contributed by atoms with E-state index >= 15 is 0 Å². The Kier molecular flexibility index (Phi) is 4.10. The Labute approximate surface area is 129 Å². The molecule has 1 aliphatic rings. The SMILES string of the molecule is CC(CN(C)c1nc2ccccc2s1)NC(=O)CC1CC1.